The van der Waals surface area contributed by atoms with E-state index in [0.717, 1.165) is 15.9 Å². The highest BCUT2D eigenvalue weighted by atomic mass is 33.2. The highest BCUT2D eigenvalue weighted by Crippen LogP contribution is 3.14. The van der Waals surface area contributed by atoms with Gasteiger partial charge in [-0.1, -0.05) is 31.2 Å². The molecule has 0 aliphatic rings. The molecule has 0 fully saturated rings. The van der Waals surface area contributed by atoms with E-state index in [1.54, 1.807) is 0 Å². The Bertz CT molecular complexity index is 137. The summed E-state index contributed by atoms with van der Waals surface area (Å²) in [6.07, 6.45) is 2.03. The van der Waals surface area contributed by atoms with E-state index in [1.807, 2.05) is 0 Å². The van der Waals surface area contributed by atoms with E-state index in [0.29, 0.717) is 0 Å². The topological polar surface area (TPSA) is 0 Å². The second-order valence-corrected chi connectivity index (χ2v) is 40.1. The highest BCUT2D eigenvalue weighted by Gasteiger charge is 2.39. The fraction of sp³-hybridized carbons (Fsp3) is 1.00. The summed E-state index contributed by atoms with van der Waals surface area (Å²) < 4.78 is 0. The number of rotatable bonds is 6. The third kappa shape index (κ3) is 10.1. The zero-order chi connectivity index (χ0) is 10.5. The Morgan fingerprint density at radius 2 is 1.67 bits per heavy atom. The quantitative estimate of drug-likeness (QED) is 0.409. The predicted molar refractivity (Wildman–Crippen MR) is 119 cm³/mol. The summed E-state index contributed by atoms with van der Waals surface area (Å²) >= 11 is 0. The molecule has 0 spiro atoms. The van der Waals surface area contributed by atoms with Crippen molar-refractivity contribution in [1.29, 1.82) is 0 Å². The van der Waals surface area contributed by atoms with Gasteiger partial charge in [0.1, 0.15) is 6.99 Å². The van der Waals surface area contributed by atoms with Crippen LogP contribution in [-0.2, 0) is 0 Å². The van der Waals surface area contributed by atoms with Crippen LogP contribution in [0.2, 0.25) is 0 Å². The zero-order valence-electron chi connectivity index (χ0n) is 8.35. The molecule has 0 N–H and O–H groups in total. The van der Waals surface area contributed by atoms with Crippen LogP contribution < -0.4 is 0 Å². The van der Waals surface area contributed by atoms with Crippen molar-refractivity contribution in [2.75, 3.05) is 6.16 Å². The van der Waals surface area contributed by atoms with Gasteiger partial charge >= 0.3 is 0 Å². The molecule has 0 amide bonds. The molecule has 0 aliphatic carbocycles. The summed E-state index contributed by atoms with van der Waals surface area (Å²) in [5.74, 6) is 0. The molecule has 11 heteroatoms. The van der Waals surface area contributed by atoms with Gasteiger partial charge in [0, 0.05) is 24.8 Å². The highest BCUT2D eigenvalue weighted by molar-refractivity contribution is 9.16. The van der Waals surface area contributed by atoms with Crippen molar-refractivity contribution in [2.45, 2.75) is 20.8 Å². The van der Waals surface area contributed by atoms with Crippen LogP contribution in [0.25, 0.3) is 0 Å². The van der Waals surface area contributed by atoms with Gasteiger partial charge in [0.2, 0.25) is 0 Å². The van der Waals surface area contributed by atoms with Gasteiger partial charge in [-0.2, -0.15) is 9.90 Å². The maximum Gasteiger partial charge on any atom is 0.114 e. The van der Waals surface area contributed by atoms with E-state index >= 15 is 0 Å². The third-order valence-electron chi connectivity index (χ3n) is 1.39. The van der Waals surface area contributed by atoms with Gasteiger partial charge in [-0.25, -0.2) is 0 Å². The molecule has 15 heavy (non-hydrogen) atoms. The molecule has 0 aromatic heterocycles. The van der Waals surface area contributed by atoms with E-state index in [4.69, 9.17) is 0 Å². The van der Waals surface area contributed by atoms with Crippen LogP contribution >= 0.6 is 90.8 Å². The predicted octanol–water partition coefficient (Wildman–Crippen LogP) is 7.04. The molecule has 0 radical (unpaired) electrons. The molecule has 0 bridgehead atoms. The van der Waals surface area contributed by atoms with E-state index in [1.165, 1.54) is 12.6 Å². The lowest BCUT2D eigenvalue weighted by Crippen LogP contribution is -1.75. The molecule has 10 atom stereocenters. The lowest BCUT2D eigenvalue weighted by molar-refractivity contribution is 1.10. The van der Waals surface area contributed by atoms with Gasteiger partial charge in [0.15, 0.2) is 0 Å². The molecule has 0 aromatic rings. The Labute approximate surface area is 117 Å². The number of hydrogen-bond donors (Lipinski definition) is 0. The van der Waals surface area contributed by atoms with Gasteiger partial charge in [-0.3, -0.25) is 0 Å². The Morgan fingerprint density at radius 3 is 1.93 bits per heavy atom. The van der Waals surface area contributed by atoms with Gasteiger partial charge in [-0.15, -0.1) is 17.9 Å². The Hall–Kier alpha value is 4.73. The first kappa shape index (κ1) is 24.7. The van der Waals surface area contributed by atoms with Crippen LogP contribution in [0.3, 0.4) is 0 Å². The van der Waals surface area contributed by atoms with E-state index in [2.05, 4.69) is 51.6 Å². The van der Waals surface area contributed by atoms with E-state index < -0.39 is 6.33 Å². The van der Waals surface area contributed by atoms with Crippen molar-refractivity contribution in [1.82, 2.24) is 0 Å². The SMILES string of the molecule is C.CCC[P+](P)(P)P(PP)P(P)PP.P. The molecule has 0 saturated carbocycles. The molecular formula is C4H26P11+. The van der Waals surface area contributed by atoms with Crippen LogP contribution in [0.5, 0.6) is 0 Å². The van der Waals surface area contributed by atoms with Gasteiger partial charge in [0.05, 0.1) is 12.5 Å². The summed E-state index contributed by atoms with van der Waals surface area (Å²) in [5.41, 5.74) is 0. The van der Waals surface area contributed by atoms with E-state index in [9.17, 15) is 0 Å². The van der Waals surface area contributed by atoms with Gasteiger partial charge < -0.3 is 0 Å². The lowest BCUT2D eigenvalue weighted by atomic mass is 10.6. The van der Waals surface area contributed by atoms with Gasteiger partial charge in [-0.05, 0) is 14.4 Å². The standard InChI is InChI=1S/C3H19P10.CH4.H3P/c1-2-3-13(7,8)12(10-5)11(6)9-4;;/h9-10H,2-8H2,1H3;1H4;1H3/q+1;;. The molecule has 0 nitrogen and oxygen atoms in total. The second-order valence-electron chi connectivity index (χ2n) is 2.50. The molecule has 0 aromatic carbocycles. The zero-order valence-corrected chi connectivity index (χ0v) is 20.2. The van der Waals surface area contributed by atoms with Gasteiger partial charge in [0.25, 0.3) is 0 Å². The summed E-state index contributed by atoms with van der Waals surface area (Å²) in [6.45, 7) is 2.81. The van der Waals surface area contributed by atoms with E-state index in [-0.39, 0.29) is 31.3 Å². The van der Waals surface area contributed by atoms with Crippen molar-refractivity contribution in [3.8, 4) is 0 Å². The summed E-state index contributed by atoms with van der Waals surface area (Å²) in [5, 5.41) is 0. The Kier molecular flexibility index (Phi) is 22.6. The maximum atomic E-state index is 3.19. The van der Waals surface area contributed by atoms with Crippen LogP contribution in [-0.4, -0.2) is 6.16 Å². The van der Waals surface area contributed by atoms with Crippen molar-refractivity contribution >= 4 is 90.8 Å². The fourth-order valence-electron chi connectivity index (χ4n) is 0.857. The van der Waals surface area contributed by atoms with Crippen molar-refractivity contribution < 1.29 is 0 Å². The van der Waals surface area contributed by atoms with Crippen molar-refractivity contribution in [3.63, 3.8) is 0 Å². The molecule has 0 heterocycles. The molecular weight excluding hydrogens is 389 g/mol. The first-order valence-corrected chi connectivity index (χ1v) is 21.9. The molecule has 96 valence electrons. The Balaban J connectivity index is -0.000000720. The molecule has 0 rings (SSSR count). The largest absolute Gasteiger partial charge is 0.153 e. The minimum atomic E-state index is -0.734. The number of hydrogen-bond acceptors (Lipinski definition) is 0. The molecule has 0 aliphatic heterocycles. The minimum absolute atomic E-state index is 0. The smallest absolute Gasteiger partial charge is 0.114 e. The first-order chi connectivity index (χ1) is 5.99. The molecule has 0 saturated heterocycles. The van der Waals surface area contributed by atoms with Crippen LogP contribution in [0.1, 0.15) is 20.8 Å². The first-order valence-electron chi connectivity index (χ1n) is 3.72. The fourth-order valence-corrected chi connectivity index (χ4v) is 86.2. The average molecular weight is 415 g/mol. The van der Waals surface area contributed by atoms with Crippen LogP contribution in [0, 0.1) is 0 Å². The van der Waals surface area contributed by atoms with Crippen molar-refractivity contribution in [3.05, 3.63) is 0 Å². The second kappa shape index (κ2) is 13.7. The van der Waals surface area contributed by atoms with Crippen molar-refractivity contribution in [2.24, 2.45) is 0 Å². The summed E-state index contributed by atoms with van der Waals surface area (Å²) in [6, 6.07) is 0. The summed E-state index contributed by atoms with van der Waals surface area (Å²) in [7, 11) is 17.6. The third-order valence-corrected chi connectivity index (χ3v) is 61.8. The van der Waals surface area contributed by atoms with Crippen LogP contribution in [0.15, 0.2) is 0 Å². The monoisotopic (exact) mass is 415 g/mol. The summed E-state index contributed by atoms with van der Waals surface area (Å²) in [4.78, 5) is 0. The normalized spacial score (nSPS) is 16.4. The maximum absolute atomic E-state index is 3.19. The average Bonchev–Trinajstić information content (AvgIpc) is 2.04. The Morgan fingerprint density at radius 1 is 1.20 bits per heavy atom. The molecule has 10 unspecified atom stereocenters. The lowest BCUT2D eigenvalue weighted by Gasteiger charge is -2.29. The minimum Gasteiger partial charge on any atom is -0.153 e. The van der Waals surface area contributed by atoms with Crippen LogP contribution in [0.4, 0.5) is 0 Å².